The largest absolute Gasteiger partial charge is 0.469 e. The van der Waals surface area contributed by atoms with E-state index in [1.54, 1.807) is 0 Å². The zero-order valence-electron chi connectivity index (χ0n) is 10.5. The number of esters is 1. The number of methoxy groups -OCH3 is 1. The molecule has 0 aromatic carbocycles. The lowest BCUT2D eigenvalue weighted by atomic mass is 10.2. The number of hydrogen-bond acceptors (Lipinski definition) is 4. The molecule has 0 amide bonds. The van der Waals surface area contributed by atoms with E-state index in [1.807, 2.05) is 0 Å². The Labute approximate surface area is 98.3 Å². The Kier molecular flexibility index (Phi) is 12.0. The maximum absolute atomic E-state index is 10.7. The summed E-state index contributed by atoms with van der Waals surface area (Å²) in [4.78, 5) is 10.7. The smallest absolute Gasteiger partial charge is 0.307 e. The van der Waals surface area contributed by atoms with Gasteiger partial charge in [-0.2, -0.15) is 0 Å². The van der Waals surface area contributed by atoms with Crippen molar-refractivity contribution < 1.29 is 19.0 Å². The molecule has 96 valence electrons. The first-order chi connectivity index (χ1) is 7.81. The maximum Gasteiger partial charge on any atom is 0.307 e. The third-order valence-corrected chi connectivity index (χ3v) is 2.19. The lowest BCUT2D eigenvalue weighted by Gasteiger charge is -2.05. The van der Waals surface area contributed by atoms with Crippen LogP contribution in [0.5, 0.6) is 0 Å². The molecule has 16 heavy (non-hydrogen) atoms. The number of carbonyl (C=O) groups excluding carboxylic acids is 1. The van der Waals surface area contributed by atoms with Gasteiger partial charge < -0.3 is 14.2 Å². The normalized spacial score (nSPS) is 10.4. The number of carbonyl (C=O) groups is 1. The van der Waals surface area contributed by atoms with Crippen LogP contribution in [0, 0.1) is 0 Å². The van der Waals surface area contributed by atoms with Gasteiger partial charge in [0, 0.05) is 6.61 Å². The summed E-state index contributed by atoms with van der Waals surface area (Å²) in [7, 11) is 1.38. The highest BCUT2D eigenvalue weighted by Crippen LogP contribution is 1.98. The Bertz CT molecular complexity index is 159. The second-order valence-electron chi connectivity index (χ2n) is 3.61. The van der Waals surface area contributed by atoms with Gasteiger partial charge in [0.15, 0.2) is 0 Å². The van der Waals surface area contributed by atoms with Crippen molar-refractivity contribution in [1.29, 1.82) is 0 Å². The van der Waals surface area contributed by atoms with Gasteiger partial charge in [-0.15, -0.1) is 0 Å². The zero-order valence-corrected chi connectivity index (χ0v) is 10.5. The maximum atomic E-state index is 10.7. The van der Waals surface area contributed by atoms with Gasteiger partial charge in [-0.3, -0.25) is 4.79 Å². The minimum atomic E-state index is -0.236. The van der Waals surface area contributed by atoms with Crippen LogP contribution in [0.4, 0.5) is 0 Å². The molecule has 0 saturated carbocycles. The van der Waals surface area contributed by atoms with Crippen LogP contribution in [-0.4, -0.2) is 39.5 Å². The van der Waals surface area contributed by atoms with Crippen LogP contribution in [0.1, 0.15) is 39.0 Å². The Morgan fingerprint density at radius 1 is 0.938 bits per heavy atom. The van der Waals surface area contributed by atoms with E-state index in [-0.39, 0.29) is 5.97 Å². The van der Waals surface area contributed by atoms with Gasteiger partial charge in [-0.05, 0) is 6.42 Å². The molecule has 4 heteroatoms. The molecule has 0 heterocycles. The van der Waals surface area contributed by atoms with E-state index >= 15 is 0 Å². The average Bonchev–Trinajstić information content (AvgIpc) is 2.31. The summed E-state index contributed by atoms with van der Waals surface area (Å²) < 4.78 is 15.1. The Morgan fingerprint density at radius 3 is 2.25 bits per heavy atom. The second-order valence-corrected chi connectivity index (χ2v) is 3.61. The summed E-state index contributed by atoms with van der Waals surface area (Å²) in [6.45, 7) is 4.56. The van der Waals surface area contributed by atoms with Crippen molar-refractivity contribution in [2.45, 2.75) is 39.0 Å². The van der Waals surface area contributed by atoms with Crippen molar-refractivity contribution >= 4 is 5.97 Å². The first kappa shape index (κ1) is 15.4. The first-order valence-corrected chi connectivity index (χ1v) is 6.03. The van der Waals surface area contributed by atoms with Crippen molar-refractivity contribution in [1.82, 2.24) is 0 Å². The van der Waals surface area contributed by atoms with Gasteiger partial charge in [0.2, 0.25) is 0 Å². The SMILES string of the molecule is CCCCCCOCCOCCC(=O)OC. The van der Waals surface area contributed by atoms with Gasteiger partial charge in [-0.25, -0.2) is 0 Å². The molecular formula is C12H24O4. The highest BCUT2D eigenvalue weighted by Gasteiger charge is 1.98. The van der Waals surface area contributed by atoms with Crippen molar-refractivity contribution in [3.05, 3.63) is 0 Å². The minimum Gasteiger partial charge on any atom is -0.469 e. The van der Waals surface area contributed by atoms with Crippen LogP contribution in [0.15, 0.2) is 0 Å². The summed E-state index contributed by atoms with van der Waals surface area (Å²) in [6.07, 6.45) is 5.19. The van der Waals surface area contributed by atoms with Crippen molar-refractivity contribution in [3.8, 4) is 0 Å². The Balaban J connectivity index is 2.96. The van der Waals surface area contributed by atoms with Crippen LogP contribution in [0.25, 0.3) is 0 Å². The van der Waals surface area contributed by atoms with E-state index < -0.39 is 0 Å². The fourth-order valence-electron chi connectivity index (χ4n) is 1.21. The van der Waals surface area contributed by atoms with E-state index in [0.29, 0.717) is 26.2 Å². The third kappa shape index (κ3) is 11.5. The number of ether oxygens (including phenoxy) is 3. The summed E-state index contributed by atoms with van der Waals surface area (Å²) in [5.41, 5.74) is 0. The molecule has 0 aliphatic rings. The van der Waals surface area contributed by atoms with Gasteiger partial charge >= 0.3 is 5.97 Å². The van der Waals surface area contributed by atoms with Crippen LogP contribution in [0.2, 0.25) is 0 Å². The molecule has 0 saturated heterocycles. The summed E-state index contributed by atoms with van der Waals surface area (Å²) >= 11 is 0. The molecule has 0 aliphatic heterocycles. The van der Waals surface area contributed by atoms with E-state index in [0.717, 1.165) is 13.0 Å². The van der Waals surface area contributed by atoms with Gasteiger partial charge in [0.25, 0.3) is 0 Å². The summed E-state index contributed by atoms with van der Waals surface area (Å²) in [6, 6.07) is 0. The molecule has 0 unspecified atom stereocenters. The summed E-state index contributed by atoms with van der Waals surface area (Å²) in [5.74, 6) is -0.236. The molecule has 0 aromatic heterocycles. The molecule has 0 N–H and O–H groups in total. The van der Waals surface area contributed by atoms with Crippen LogP contribution < -0.4 is 0 Å². The van der Waals surface area contributed by atoms with Gasteiger partial charge in [-0.1, -0.05) is 26.2 Å². The van der Waals surface area contributed by atoms with Gasteiger partial charge in [0.1, 0.15) is 0 Å². The molecule has 0 fully saturated rings. The monoisotopic (exact) mass is 232 g/mol. The van der Waals surface area contributed by atoms with Crippen molar-refractivity contribution in [2.75, 3.05) is 33.5 Å². The Morgan fingerprint density at radius 2 is 1.62 bits per heavy atom. The summed E-state index contributed by atoms with van der Waals surface area (Å²) in [5, 5.41) is 0. The molecule has 0 aromatic rings. The molecule has 0 aliphatic carbocycles. The zero-order chi connectivity index (χ0) is 12.1. The number of unbranched alkanes of at least 4 members (excludes halogenated alkanes) is 3. The highest BCUT2D eigenvalue weighted by atomic mass is 16.5. The fourth-order valence-corrected chi connectivity index (χ4v) is 1.21. The predicted molar refractivity (Wildman–Crippen MR) is 62.4 cm³/mol. The first-order valence-electron chi connectivity index (χ1n) is 6.03. The molecule has 0 atom stereocenters. The predicted octanol–water partition coefficient (Wildman–Crippen LogP) is 2.16. The van der Waals surface area contributed by atoms with Crippen molar-refractivity contribution in [2.24, 2.45) is 0 Å². The highest BCUT2D eigenvalue weighted by molar-refractivity contribution is 5.69. The molecule has 4 nitrogen and oxygen atoms in total. The molecule has 0 radical (unpaired) electrons. The Hall–Kier alpha value is -0.610. The van der Waals surface area contributed by atoms with Crippen LogP contribution >= 0.6 is 0 Å². The van der Waals surface area contributed by atoms with E-state index in [1.165, 1.54) is 26.4 Å². The molecule has 0 bridgehead atoms. The fraction of sp³-hybridized carbons (Fsp3) is 0.917. The molecule has 0 rings (SSSR count). The standard InChI is InChI=1S/C12H24O4/c1-3-4-5-6-8-15-10-11-16-9-7-12(13)14-2/h3-11H2,1-2H3. The van der Waals surface area contributed by atoms with E-state index in [2.05, 4.69) is 11.7 Å². The lowest BCUT2D eigenvalue weighted by Crippen LogP contribution is -2.09. The second kappa shape index (κ2) is 12.5. The van der Waals surface area contributed by atoms with Crippen molar-refractivity contribution in [3.63, 3.8) is 0 Å². The van der Waals surface area contributed by atoms with Gasteiger partial charge in [0.05, 0.1) is 33.4 Å². The van der Waals surface area contributed by atoms with E-state index in [9.17, 15) is 4.79 Å². The average molecular weight is 232 g/mol. The van der Waals surface area contributed by atoms with E-state index in [4.69, 9.17) is 9.47 Å². The lowest BCUT2D eigenvalue weighted by molar-refractivity contribution is -0.141. The third-order valence-electron chi connectivity index (χ3n) is 2.19. The van der Waals surface area contributed by atoms with Crippen LogP contribution in [0.3, 0.4) is 0 Å². The molecule has 0 spiro atoms. The quantitative estimate of drug-likeness (QED) is 0.404. The number of hydrogen-bond donors (Lipinski definition) is 0. The minimum absolute atomic E-state index is 0.236. The topological polar surface area (TPSA) is 44.8 Å². The number of rotatable bonds is 11. The molecular weight excluding hydrogens is 208 g/mol. The van der Waals surface area contributed by atoms with Crippen LogP contribution in [-0.2, 0) is 19.0 Å².